The van der Waals surface area contributed by atoms with Crippen molar-refractivity contribution >= 4 is 44.6 Å². The van der Waals surface area contributed by atoms with E-state index in [-0.39, 0.29) is 0 Å². The van der Waals surface area contributed by atoms with Crippen LogP contribution in [0.1, 0.15) is 11.1 Å². The highest BCUT2D eigenvalue weighted by Gasteiger charge is 2.36. The largest absolute Gasteiger partial charge is 0.339 e. The molecule has 5 heterocycles. The van der Waals surface area contributed by atoms with E-state index in [4.69, 9.17) is 0 Å². The van der Waals surface area contributed by atoms with Crippen molar-refractivity contribution < 1.29 is 8.42 Å². The number of rotatable bonds is 4. The van der Waals surface area contributed by atoms with Gasteiger partial charge in [-0.15, -0.1) is 0 Å². The van der Waals surface area contributed by atoms with Gasteiger partial charge in [-0.1, -0.05) is 18.2 Å². The predicted molar refractivity (Wildman–Crippen MR) is 130 cm³/mol. The maximum Gasteiger partial charge on any atom is 0.245 e. The summed E-state index contributed by atoms with van der Waals surface area (Å²) in [6, 6.07) is 11.9. The van der Waals surface area contributed by atoms with Crippen molar-refractivity contribution in [1.82, 2.24) is 23.3 Å². The number of aromatic nitrogens is 2. The summed E-state index contributed by atoms with van der Waals surface area (Å²) < 4.78 is 33.3. The fraction of sp³-hybridized carbons (Fsp3) is 0.130. The van der Waals surface area contributed by atoms with Crippen LogP contribution in [-0.2, 0) is 23.0 Å². The van der Waals surface area contributed by atoms with Gasteiger partial charge < -0.3 is 10.0 Å². The van der Waals surface area contributed by atoms with Crippen LogP contribution in [0.25, 0.3) is 10.9 Å². The van der Waals surface area contributed by atoms with Gasteiger partial charge in [0, 0.05) is 42.6 Å². The molecule has 10 heteroatoms. The van der Waals surface area contributed by atoms with E-state index in [9.17, 15) is 8.42 Å². The zero-order valence-corrected chi connectivity index (χ0v) is 19.1. The molecule has 3 aliphatic rings. The Balaban J connectivity index is 1.27. The van der Waals surface area contributed by atoms with Gasteiger partial charge in [-0.05, 0) is 42.3 Å². The fourth-order valence-corrected chi connectivity index (χ4v) is 6.55. The number of benzene rings is 1. The standard InChI is InChI=1S/C23H20N6O2S2/c30-33(31,22-6-3-10-29-21(22)14-26-32-29)28-11-8-19-17(15-28)7-9-24-23(19)27-18-12-16-4-1-2-5-20(16)25-13-18/h1-7,9-10,12-14,26H,8,11,15H2,(H,24,27). The average Bonchev–Trinajstić information content (AvgIpc) is 3.33. The third kappa shape index (κ3) is 3.56. The Labute approximate surface area is 196 Å². The normalized spacial score (nSPS) is 17.8. The molecule has 166 valence electrons. The summed E-state index contributed by atoms with van der Waals surface area (Å²) in [5.41, 5.74) is 4.42. The van der Waals surface area contributed by atoms with E-state index in [0.717, 1.165) is 33.5 Å². The quantitative estimate of drug-likeness (QED) is 0.550. The van der Waals surface area contributed by atoms with Crippen molar-refractivity contribution in [2.75, 3.05) is 11.9 Å². The minimum Gasteiger partial charge on any atom is -0.339 e. The second-order valence-corrected chi connectivity index (χ2v) is 10.6. The third-order valence-corrected chi connectivity index (χ3v) is 8.52. The van der Waals surface area contributed by atoms with E-state index < -0.39 is 10.0 Å². The molecule has 0 radical (unpaired) electrons. The molecule has 3 aromatic rings. The second-order valence-electron chi connectivity index (χ2n) is 7.86. The summed E-state index contributed by atoms with van der Waals surface area (Å²) in [6.45, 7) is 0.695. The molecule has 0 amide bonds. The molecule has 1 aromatic carbocycles. The van der Waals surface area contributed by atoms with Crippen LogP contribution in [0.2, 0.25) is 0 Å². The molecule has 0 atom stereocenters. The highest BCUT2D eigenvalue weighted by atomic mass is 32.2. The Morgan fingerprint density at radius 1 is 1.15 bits per heavy atom. The molecule has 8 nitrogen and oxygen atoms in total. The Morgan fingerprint density at radius 2 is 2.06 bits per heavy atom. The van der Waals surface area contributed by atoms with Crippen LogP contribution in [0, 0.1) is 0 Å². The number of para-hydroxylation sites is 1. The molecule has 2 aromatic heterocycles. The second kappa shape index (κ2) is 7.91. The van der Waals surface area contributed by atoms with Crippen LogP contribution >= 0.6 is 12.1 Å². The fourth-order valence-electron chi connectivity index (χ4n) is 4.25. The maximum absolute atomic E-state index is 13.5. The van der Waals surface area contributed by atoms with Gasteiger partial charge in [0.05, 0.1) is 35.2 Å². The summed E-state index contributed by atoms with van der Waals surface area (Å²) in [5, 5.41) is 4.43. The van der Waals surface area contributed by atoms with E-state index in [0.29, 0.717) is 30.1 Å². The van der Waals surface area contributed by atoms with Gasteiger partial charge in [-0.2, -0.15) is 4.31 Å². The molecule has 0 saturated carbocycles. The van der Waals surface area contributed by atoms with Gasteiger partial charge in [-0.25, -0.2) is 13.4 Å². The monoisotopic (exact) mass is 476 g/mol. The first-order chi connectivity index (χ1) is 16.1. The molecule has 0 saturated heterocycles. The smallest absolute Gasteiger partial charge is 0.245 e. The molecule has 0 bridgehead atoms. The number of allylic oxidation sites excluding steroid dienone is 2. The SMILES string of the molecule is O=S(=O)(C1=CC=CN2SNC=C12)N1CCc2c(ccnc2Nc2cnc3ccccc3c2)C1. The van der Waals surface area contributed by atoms with Crippen molar-refractivity contribution in [1.29, 1.82) is 0 Å². The number of fused-ring (bicyclic) bond motifs is 3. The first-order valence-corrected chi connectivity index (χ1v) is 12.7. The van der Waals surface area contributed by atoms with Gasteiger partial charge in [0.25, 0.3) is 0 Å². The molecule has 0 fully saturated rings. The van der Waals surface area contributed by atoms with Gasteiger partial charge in [0.15, 0.2) is 0 Å². The van der Waals surface area contributed by atoms with E-state index in [1.54, 1.807) is 35.1 Å². The summed E-state index contributed by atoms with van der Waals surface area (Å²) in [5.74, 6) is 0.742. The Hall–Kier alpha value is -3.34. The Kier molecular flexibility index (Phi) is 4.86. The summed E-state index contributed by atoms with van der Waals surface area (Å²) in [4.78, 5) is 9.35. The Bertz CT molecular complexity index is 1460. The van der Waals surface area contributed by atoms with Gasteiger partial charge in [-0.3, -0.25) is 9.29 Å². The minimum absolute atomic E-state index is 0.305. The number of nitrogens with one attached hydrogen (secondary N) is 2. The molecule has 33 heavy (non-hydrogen) atoms. The summed E-state index contributed by atoms with van der Waals surface area (Å²) in [7, 11) is -3.65. The lowest BCUT2D eigenvalue weighted by Crippen LogP contribution is -2.38. The van der Waals surface area contributed by atoms with Crippen LogP contribution < -0.4 is 10.0 Å². The minimum atomic E-state index is -3.65. The lowest BCUT2D eigenvalue weighted by Gasteiger charge is -2.31. The predicted octanol–water partition coefficient (Wildman–Crippen LogP) is 3.78. The van der Waals surface area contributed by atoms with E-state index in [2.05, 4.69) is 20.0 Å². The van der Waals surface area contributed by atoms with Crippen molar-refractivity contribution in [2.24, 2.45) is 0 Å². The van der Waals surface area contributed by atoms with Crippen LogP contribution in [0.3, 0.4) is 0 Å². The van der Waals surface area contributed by atoms with Crippen molar-refractivity contribution in [3.63, 3.8) is 0 Å². The van der Waals surface area contributed by atoms with Crippen molar-refractivity contribution in [3.05, 3.63) is 95.1 Å². The Morgan fingerprint density at radius 3 is 3.00 bits per heavy atom. The number of hydrogen-bond donors (Lipinski definition) is 2. The van der Waals surface area contributed by atoms with E-state index in [1.165, 1.54) is 12.1 Å². The first-order valence-electron chi connectivity index (χ1n) is 10.5. The summed E-state index contributed by atoms with van der Waals surface area (Å²) >= 11 is 1.34. The maximum atomic E-state index is 13.5. The van der Waals surface area contributed by atoms with Crippen molar-refractivity contribution in [2.45, 2.75) is 13.0 Å². The zero-order valence-electron chi connectivity index (χ0n) is 17.5. The average molecular weight is 477 g/mol. The van der Waals surface area contributed by atoms with Crippen LogP contribution in [0.4, 0.5) is 11.5 Å². The lowest BCUT2D eigenvalue weighted by molar-refractivity contribution is 0.395. The highest BCUT2D eigenvalue weighted by molar-refractivity contribution is 7.96. The molecule has 0 unspecified atom stereocenters. The third-order valence-electron chi connectivity index (χ3n) is 5.89. The molecule has 0 spiro atoms. The zero-order chi connectivity index (χ0) is 22.4. The molecule has 2 N–H and O–H groups in total. The molecule has 3 aliphatic heterocycles. The molecule has 6 rings (SSSR count). The van der Waals surface area contributed by atoms with Crippen molar-refractivity contribution in [3.8, 4) is 0 Å². The van der Waals surface area contributed by atoms with Gasteiger partial charge >= 0.3 is 0 Å². The molecular formula is C23H20N6O2S2. The highest BCUT2D eigenvalue weighted by Crippen LogP contribution is 2.36. The number of pyridine rings is 2. The number of sulfonamides is 1. The molecular weight excluding hydrogens is 456 g/mol. The number of nitrogens with zero attached hydrogens (tertiary/aromatic N) is 4. The van der Waals surface area contributed by atoms with Crippen LogP contribution in [0.15, 0.2) is 83.9 Å². The molecule has 0 aliphatic carbocycles. The first kappa shape index (κ1) is 20.3. The topological polar surface area (TPSA) is 90.5 Å². The van der Waals surface area contributed by atoms with Crippen LogP contribution in [0.5, 0.6) is 0 Å². The van der Waals surface area contributed by atoms with Gasteiger partial charge in [0.2, 0.25) is 10.0 Å². The van der Waals surface area contributed by atoms with Gasteiger partial charge in [0.1, 0.15) is 10.7 Å². The van der Waals surface area contributed by atoms with E-state index >= 15 is 0 Å². The number of anilines is 2. The van der Waals surface area contributed by atoms with E-state index in [1.807, 2.05) is 46.9 Å². The summed E-state index contributed by atoms with van der Waals surface area (Å²) in [6.07, 6.45) is 11.1. The lowest BCUT2D eigenvalue weighted by atomic mass is 10.0. The number of hydrogen-bond acceptors (Lipinski definition) is 8. The van der Waals surface area contributed by atoms with Crippen LogP contribution in [-0.4, -0.2) is 33.5 Å².